The predicted octanol–water partition coefficient (Wildman–Crippen LogP) is 2.75. The van der Waals surface area contributed by atoms with Gasteiger partial charge in [-0.25, -0.2) is 4.98 Å². The Morgan fingerprint density at radius 3 is 2.76 bits per heavy atom. The van der Waals surface area contributed by atoms with Crippen molar-refractivity contribution in [1.82, 2.24) is 10.3 Å². The van der Waals surface area contributed by atoms with Crippen molar-refractivity contribution in [2.75, 3.05) is 7.11 Å². The highest BCUT2D eigenvalue weighted by Gasteiger charge is 1.99. The maximum Gasteiger partial charge on any atom is 0.212 e. The van der Waals surface area contributed by atoms with Crippen LogP contribution < -0.4 is 10.1 Å². The second-order valence-corrected chi connectivity index (χ2v) is 4.64. The lowest BCUT2D eigenvalue weighted by molar-refractivity contribution is 0.397. The molecule has 0 saturated heterocycles. The predicted molar refractivity (Wildman–Crippen MR) is 70.4 cm³/mol. The van der Waals surface area contributed by atoms with Gasteiger partial charge in [0.2, 0.25) is 5.88 Å². The van der Waals surface area contributed by atoms with E-state index >= 15 is 0 Å². The van der Waals surface area contributed by atoms with E-state index in [4.69, 9.17) is 4.74 Å². The van der Waals surface area contributed by atoms with Crippen LogP contribution in [0.25, 0.3) is 0 Å². The smallest absolute Gasteiger partial charge is 0.212 e. The Morgan fingerprint density at radius 2 is 2.18 bits per heavy atom. The highest BCUT2D eigenvalue weighted by atomic mass is 32.1. The van der Waals surface area contributed by atoms with Gasteiger partial charge in [-0.1, -0.05) is 6.07 Å². The molecule has 0 radical (unpaired) electrons. The third-order valence-electron chi connectivity index (χ3n) is 2.61. The molecule has 1 N–H and O–H groups in total. The second kappa shape index (κ2) is 5.80. The summed E-state index contributed by atoms with van der Waals surface area (Å²) < 4.78 is 5.02. The van der Waals surface area contributed by atoms with Crippen LogP contribution in [0.1, 0.15) is 16.7 Å². The zero-order valence-corrected chi connectivity index (χ0v) is 10.9. The fourth-order valence-electron chi connectivity index (χ4n) is 1.55. The van der Waals surface area contributed by atoms with Crippen LogP contribution in [0.2, 0.25) is 0 Å². The van der Waals surface area contributed by atoms with Gasteiger partial charge in [-0.05, 0) is 34.4 Å². The lowest BCUT2D eigenvalue weighted by Gasteiger charge is -2.05. The van der Waals surface area contributed by atoms with Crippen LogP contribution in [0.15, 0.2) is 29.1 Å². The van der Waals surface area contributed by atoms with Crippen molar-refractivity contribution in [1.29, 1.82) is 0 Å². The molecule has 4 heteroatoms. The summed E-state index contributed by atoms with van der Waals surface area (Å²) in [6.07, 6.45) is 1.84. The van der Waals surface area contributed by atoms with Crippen LogP contribution in [0.3, 0.4) is 0 Å². The topological polar surface area (TPSA) is 34.1 Å². The van der Waals surface area contributed by atoms with Gasteiger partial charge in [0.05, 0.1) is 7.11 Å². The van der Waals surface area contributed by atoms with Crippen LogP contribution >= 0.6 is 11.3 Å². The molecular weight excluding hydrogens is 232 g/mol. The number of hydrogen-bond acceptors (Lipinski definition) is 4. The molecule has 2 aromatic heterocycles. The maximum atomic E-state index is 5.02. The molecule has 17 heavy (non-hydrogen) atoms. The van der Waals surface area contributed by atoms with Gasteiger partial charge in [0, 0.05) is 25.4 Å². The molecule has 90 valence electrons. The molecule has 2 aromatic rings. The summed E-state index contributed by atoms with van der Waals surface area (Å²) in [6, 6.07) is 3.91. The molecule has 0 bridgehead atoms. The summed E-state index contributed by atoms with van der Waals surface area (Å²) in [4.78, 5) is 4.17. The van der Waals surface area contributed by atoms with Crippen LogP contribution in [-0.4, -0.2) is 12.1 Å². The SMILES string of the molecule is COc1ccc(CNCc2cscc2C)cn1. The fourth-order valence-corrected chi connectivity index (χ4v) is 2.40. The molecule has 0 aromatic carbocycles. The Kier molecular flexibility index (Phi) is 4.12. The van der Waals surface area contributed by atoms with Crippen LogP contribution in [0.5, 0.6) is 5.88 Å². The Bertz CT molecular complexity index is 465. The Morgan fingerprint density at radius 1 is 1.29 bits per heavy atom. The summed E-state index contributed by atoms with van der Waals surface area (Å²) in [5.74, 6) is 0.655. The van der Waals surface area contributed by atoms with E-state index in [1.807, 2.05) is 18.3 Å². The number of ether oxygens (including phenoxy) is 1. The van der Waals surface area contributed by atoms with Gasteiger partial charge in [0.1, 0.15) is 0 Å². The van der Waals surface area contributed by atoms with E-state index in [2.05, 4.69) is 28.0 Å². The van der Waals surface area contributed by atoms with Crippen LogP contribution in [0.4, 0.5) is 0 Å². The first-order valence-electron chi connectivity index (χ1n) is 5.51. The normalized spacial score (nSPS) is 10.5. The minimum Gasteiger partial charge on any atom is -0.481 e. The van der Waals surface area contributed by atoms with Crippen molar-refractivity contribution in [3.8, 4) is 5.88 Å². The largest absolute Gasteiger partial charge is 0.481 e. The molecule has 2 heterocycles. The molecule has 0 aliphatic rings. The number of aryl methyl sites for hydroxylation is 1. The number of methoxy groups -OCH3 is 1. The van der Waals surface area contributed by atoms with Gasteiger partial charge in [-0.2, -0.15) is 11.3 Å². The number of hydrogen-bond donors (Lipinski definition) is 1. The summed E-state index contributed by atoms with van der Waals surface area (Å²) in [7, 11) is 1.62. The number of pyridine rings is 1. The van der Waals surface area contributed by atoms with Gasteiger partial charge < -0.3 is 10.1 Å². The van der Waals surface area contributed by atoms with E-state index in [-0.39, 0.29) is 0 Å². The third-order valence-corrected chi connectivity index (χ3v) is 3.52. The highest BCUT2D eigenvalue weighted by molar-refractivity contribution is 7.08. The Hall–Kier alpha value is -1.39. The van der Waals surface area contributed by atoms with E-state index in [0.29, 0.717) is 5.88 Å². The molecule has 2 rings (SSSR count). The minimum absolute atomic E-state index is 0.655. The minimum atomic E-state index is 0.655. The highest BCUT2D eigenvalue weighted by Crippen LogP contribution is 2.13. The summed E-state index contributed by atoms with van der Waals surface area (Å²) in [6.45, 7) is 3.87. The molecule has 0 fully saturated rings. The van der Waals surface area contributed by atoms with Crippen LogP contribution in [0, 0.1) is 6.92 Å². The van der Waals surface area contributed by atoms with E-state index in [0.717, 1.165) is 13.1 Å². The Labute approximate surface area is 105 Å². The van der Waals surface area contributed by atoms with Crippen molar-refractivity contribution in [2.24, 2.45) is 0 Å². The first-order valence-corrected chi connectivity index (χ1v) is 6.45. The van der Waals surface area contributed by atoms with Gasteiger partial charge in [0.15, 0.2) is 0 Å². The first kappa shape index (κ1) is 12.1. The molecule has 0 saturated carbocycles. The van der Waals surface area contributed by atoms with Gasteiger partial charge in [-0.15, -0.1) is 0 Å². The standard InChI is InChI=1S/C13H16N2OS/c1-10-8-17-9-12(10)7-14-5-11-3-4-13(16-2)15-6-11/h3-4,6,8-9,14H,5,7H2,1-2H3. The lowest BCUT2D eigenvalue weighted by atomic mass is 10.2. The molecule has 0 aliphatic heterocycles. The van der Waals surface area contributed by atoms with Crippen LogP contribution in [-0.2, 0) is 13.1 Å². The van der Waals surface area contributed by atoms with Gasteiger partial charge >= 0.3 is 0 Å². The molecule has 0 aliphatic carbocycles. The van der Waals surface area contributed by atoms with Crippen molar-refractivity contribution in [2.45, 2.75) is 20.0 Å². The Balaban J connectivity index is 1.83. The van der Waals surface area contributed by atoms with E-state index < -0.39 is 0 Å². The van der Waals surface area contributed by atoms with E-state index in [1.54, 1.807) is 18.4 Å². The summed E-state index contributed by atoms with van der Waals surface area (Å²) >= 11 is 1.75. The van der Waals surface area contributed by atoms with E-state index in [1.165, 1.54) is 16.7 Å². The molecule has 3 nitrogen and oxygen atoms in total. The molecule has 0 atom stereocenters. The summed E-state index contributed by atoms with van der Waals surface area (Å²) in [5, 5.41) is 7.77. The van der Waals surface area contributed by atoms with Gasteiger partial charge in [0.25, 0.3) is 0 Å². The molecule has 0 spiro atoms. The molecule has 0 unspecified atom stereocenters. The third kappa shape index (κ3) is 3.28. The van der Waals surface area contributed by atoms with Crippen molar-refractivity contribution in [3.63, 3.8) is 0 Å². The average Bonchev–Trinajstić information content (AvgIpc) is 2.76. The molecular formula is C13H16N2OS. The zero-order valence-electron chi connectivity index (χ0n) is 10.1. The van der Waals surface area contributed by atoms with Crippen molar-refractivity contribution >= 4 is 11.3 Å². The fraction of sp³-hybridized carbons (Fsp3) is 0.308. The number of rotatable bonds is 5. The molecule has 0 amide bonds. The van der Waals surface area contributed by atoms with Crippen molar-refractivity contribution < 1.29 is 4.74 Å². The lowest BCUT2D eigenvalue weighted by Crippen LogP contribution is -2.12. The zero-order chi connectivity index (χ0) is 12.1. The number of nitrogens with one attached hydrogen (secondary N) is 1. The average molecular weight is 248 g/mol. The first-order chi connectivity index (χ1) is 8.29. The van der Waals surface area contributed by atoms with Crippen molar-refractivity contribution in [3.05, 3.63) is 45.8 Å². The van der Waals surface area contributed by atoms with Gasteiger partial charge in [-0.3, -0.25) is 0 Å². The second-order valence-electron chi connectivity index (χ2n) is 3.89. The van der Waals surface area contributed by atoms with E-state index in [9.17, 15) is 0 Å². The summed E-state index contributed by atoms with van der Waals surface area (Å²) in [5.41, 5.74) is 3.89. The number of thiophene rings is 1. The quantitative estimate of drug-likeness (QED) is 0.883. The number of nitrogens with zero attached hydrogens (tertiary/aromatic N) is 1. The maximum absolute atomic E-state index is 5.02. The number of aromatic nitrogens is 1. The monoisotopic (exact) mass is 248 g/mol.